The Morgan fingerprint density at radius 2 is 1.94 bits per heavy atom. The predicted molar refractivity (Wildman–Crippen MR) is 123 cm³/mol. The number of amides is 1. The van der Waals surface area contributed by atoms with Gasteiger partial charge in [0.1, 0.15) is 11.6 Å². The lowest BCUT2D eigenvalue weighted by Crippen LogP contribution is -2.34. The van der Waals surface area contributed by atoms with Crippen LogP contribution in [-0.4, -0.2) is 32.2 Å². The van der Waals surface area contributed by atoms with Gasteiger partial charge in [-0.1, -0.05) is 24.3 Å². The molecule has 0 radical (unpaired) electrons. The number of aryl methyl sites for hydroxylation is 1. The largest absolute Gasteiger partial charge is 0.388 e. The Hall–Kier alpha value is -3.85. The molecule has 9 heteroatoms. The highest BCUT2D eigenvalue weighted by molar-refractivity contribution is 5.97. The number of nitrogens with zero attached hydrogens (tertiary/aromatic N) is 3. The van der Waals surface area contributed by atoms with Gasteiger partial charge in [0, 0.05) is 23.7 Å². The number of nitrogen functional groups attached to an aromatic ring is 1. The fourth-order valence-corrected chi connectivity index (χ4v) is 4.29. The van der Waals surface area contributed by atoms with Gasteiger partial charge in [-0.15, -0.1) is 5.10 Å². The fourth-order valence-electron chi connectivity index (χ4n) is 4.29. The van der Waals surface area contributed by atoms with E-state index in [1.54, 1.807) is 37.4 Å². The average molecular weight is 463 g/mol. The van der Waals surface area contributed by atoms with Crippen LogP contribution in [0.1, 0.15) is 40.4 Å². The van der Waals surface area contributed by atoms with Gasteiger partial charge >= 0.3 is 0 Å². The van der Waals surface area contributed by atoms with Crippen LogP contribution in [0.2, 0.25) is 0 Å². The third-order valence-corrected chi connectivity index (χ3v) is 6.50. The average Bonchev–Trinajstić information content (AvgIpc) is 3.51. The highest BCUT2D eigenvalue weighted by Crippen LogP contribution is 2.54. The molecule has 34 heavy (non-hydrogen) atoms. The Morgan fingerprint density at radius 1 is 1.21 bits per heavy atom. The smallest absolute Gasteiger partial charge is 0.254 e. The van der Waals surface area contributed by atoms with E-state index in [9.17, 15) is 14.3 Å². The van der Waals surface area contributed by atoms with Crippen LogP contribution in [0.3, 0.4) is 0 Å². The molecule has 1 aliphatic rings. The van der Waals surface area contributed by atoms with Crippen molar-refractivity contribution in [3.8, 4) is 11.1 Å². The molecule has 0 saturated heterocycles. The normalized spacial score (nSPS) is 15.3. The molecule has 1 amide bonds. The number of carbonyl (C=O) groups is 1. The Kier molecular flexibility index (Phi) is 5.28. The third kappa shape index (κ3) is 3.88. The molecule has 2 aromatic carbocycles. The second-order valence-electron chi connectivity index (χ2n) is 8.81. The Balaban J connectivity index is 1.38. The first-order valence-corrected chi connectivity index (χ1v) is 10.9. The molecule has 1 unspecified atom stereocenters. The maximum atomic E-state index is 15.6. The van der Waals surface area contributed by atoms with Crippen molar-refractivity contribution in [3.05, 3.63) is 83.1 Å². The number of hydrogen-bond acceptors (Lipinski definition) is 5. The molecule has 1 saturated carbocycles. The molecule has 1 aliphatic carbocycles. The summed E-state index contributed by atoms with van der Waals surface area (Å²) >= 11 is 0. The quantitative estimate of drug-likeness (QED) is 0.403. The van der Waals surface area contributed by atoms with E-state index >= 15 is 4.39 Å². The van der Waals surface area contributed by atoms with Crippen LogP contribution in [0.25, 0.3) is 16.8 Å². The minimum atomic E-state index is -0.854. The van der Waals surface area contributed by atoms with E-state index in [-0.39, 0.29) is 29.4 Å². The molecule has 4 N–H and O–H groups in total. The van der Waals surface area contributed by atoms with Crippen molar-refractivity contribution < 1.29 is 18.7 Å². The van der Waals surface area contributed by atoms with Gasteiger partial charge in [-0.25, -0.2) is 13.3 Å². The van der Waals surface area contributed by atoms with Crippen LogP contribution in [-0.2, 0) is 0 Å². The standard InChI is InChI=1S/C25H23F2N5O2/c1-14-2-7-18(16-8-11-32-19(12-16)30-24(28)31-32)21(27)20(14)23(34)29-13-25(9-10-25)22(33)15-3-5-17(26)6-4-15/h2-8,11-12,22,33H,9-10,13H2,1H3,(H2,28,31)(H,29,34). The second-order valence-corrected chi connectivity index (χ2v) is 8.81. The minimum absolute atomic E-state index is 0.0505. The molecule has 4 aromatic rings. The summed E-state index contributed by atoms with van der Waals surface area (Å²) in [6, 6.07) is 12.3. The Morgan fingerprint density at radius 3 is 2.65 bits per heavy atom. The number of aliphatic hydroxyl groups excluding tert-OH is 1. The van der Waals surface area contributed by atoms with E-state index < -0.39 is 23.2 Å². The SMILES string of the molecule is Cc1ccc(-c2ccn3nc(N)nc3c2)c(F)c1C(=O)NCC1(C(O)c2ccc(F)cc2)CC1. The van der Waals surface area contributed by atoms with Crippen molar-refractivity contribution in [1.82, 2.24) is 19.9 Å². The Labute approximate surface area is 194 Å². The van der Waals surface area contributed by atoms with E-state index in [4.69, 9.17) is 5.73 Å². The number of benzene rings is 2. The van der Waals surface area contributed by atoms with Crippen molar-refractivity contribution in [1.29, 1.82) is 0 Å². The zero-order valence-electron chi connectivity index (χ0n) is 18.4. The number of pyridine rings is 1. The summed E-state index contributed by atoms with van der Waals surface area (Å²) in [5, 5.41) is 17.6. The first-order chi connectivity index (χ1) is 16.3. The van der Waals surface area contributed by atoms with E-state index in [0.29, 0.717) is 35.2 Å². The summed E-state index contributed by atoms with van der Waals surface area (Å²) in [4.78, 5) is 17.1. The molecule has 1 fully saturated rings. The van der Waals surface area contributed by atoms with Gasteiger partial charge in [-0.05, 0) is 60.7 Å². The van der Waals surface area contributed by atoms with Gasteiger partial charge in [-0.2, -0.15) is 4.98 Å². The van der Waals surface area contributed by atoms with E-state index in [0.717, 1.165) is 0 Å². The van der Waals surface area contributed by atoms with Gasteiger partial charge < -0.3 is 16.2 Å². The molecular formula is C25H23F2N5O2. The molecule has 0 aliphatic heterocycles. The first kappa shape index (κ1) is 22.0. The summed E-state index contributed by atoms with van der Waals surface area (Å²) in [6.07, 6.45) is 2.18. The third-order valence-electron chi connectivity index (χ3n) is 6.50. The van der Waals surface area contributed by atoms with Crippen LogP contribution >= 0.6 is 0 Å². The van der Waals surface area contributed by atoms with Gasteiger partial charge in [0.2, 0.25) is 5.95 Å². The topological polar surface area (TPSA) is 106 Å². The summed E-state index contributed by atoms with van der Waals surface area (Å²) in [6.45, 7) is 1.85. The molecular weight excluding hydrogens is 440 g/mol. The highest BCUT2D eigenvalue weighted by atomic mass is 19.1. The molecule has 2 heterocycles. The number of rotatable bonds is 6. The summed E-state index contributed by atoms with van der Waals surface area (Å²) < 4.78 is 30.3. The van der Waals surface area contributed by atoms with Crippen LogP contribution in [0.15, 0.2) is 54.7 Å². The Bertz CT molecular complexity index is 1400. The van der Waals surface area contributed by atoms with Gasteiger partial charge in [0.15, 0.2) is 5.65 Å². The number of anilines is 1. The molecule has 1 atom stereocenters. The lowest BCUT2D eigenvalue weighted by molar-refractivity contribution is 0.0805. The van der Waals surface area contributed by atoms with E-state index in [1.165, 1.54) is 28.8 Å². The summed E-state index contributed by atoms with van der Waals surface area (Å²) in [5.74, 6) is -1.47. The lowest BCUT2D eigenvalue weighted by atomic mass is 9.92. The van der Waals surface area contributed by atoms with Crippen LogP contribution in [0.5, 0.6) is 0 Å². The van der Waals surface area contributed by atoms with Crippen molar-refractivity contribution in [2.75, 3.05) is 12.3 Å². The van der Waals surface area contributed by atoms with Gasteiger partial charge in [0.25, 0.3) is 5.91 Å². The van der Waals surface area contributed by atoms with Gasteiger partial charge in [0.05, 0.1) is 11.7 Å². The highest BCUT2D eigenvalue weighted by Gasteiger charge is 2.49. The zero-order chi connectivity index (χ0) is 24.0. The molecule has 174 valence electrons. The number of fused-ring (bicyclic) bond motifs is 1. The van der Waals surface area contributed by atoms with Crippen LogP contribution < -0.4 is 11.1 Å². The number of hydrogen-bond donors (Lipinski definition) is 3. The number of nitrogens with one attached hydrogen (secondary N) is 1. The van der Waals surface area contributed by atoms with Crippen LogP contribution in [0, 0.1) is 24.0 Å². The van der Waals surface area contributed by atoms with Crippen molar-refractivity contribution in [2.45, 2.75) is 25.9 Å². The van der Waals surface area contributed by atoms with Crippen LogP contribution in [0.4, 0.5) is 14.7 Å². The molecule has 7 nitrogen and oxygen atoms in total. The maximum absolute atomic E-state index is 15.6. The predicted octanol–water partition coefficient (Wildman–Crippen LogP) is 3.81. The molecule has 0 spiro atoms. The number of carbonyl (C=O) groups excluding carboxylic acids is 1. The van der Waals surface area contributed by atoms with Crippen molar-refractivity contribution in [2.24, 2.45) is 5.41 Å². The molecule has 5 rings (SSSR count). The summed E-state index contributed by atoms with van der Waals surface area (Å²) in [5.41, 5.74) is 7.37. The fraction of sp³-hybridized carbons (Fsp3) is 0.240. The zero-order valence-corrected chi connectivity index (χ0v) is 18.4. The van der Waals surface area contributed by atoms with E-state index in [1.807, 2.05) is 0 Å². The maximum Gasteiger partial charge on any atom is 0.254 e. The second kappa shape index (κ2) is 8.18. The monoisotopic (exact) mass is 463 g/mol. The number of nitrogens with two attached hydrogens (primary N) is 1. The number of aromatic nitrogens is 3. The van der Waals surface area contributed by atoms with Crippen molar-refractivity contribution >= 4 is 17.5 Å². The summed E-state index contributed by atoms with van der Waals surface area (Å²) in [7, 11) is 0. The van der Waals surface area contributed by atoms with Gasteiger partial charge in [-0.3, -0.25) is 4.79 Å². The van der Waals surface area contributed by atoms with Crippen molar-refractivity contribution in [3.63, 3.8) is 0 Å². The molecule has 2 aromatic heterocycles. The lowest BCUT2D eigenvalue weighted by Gasteiger charge is -2.23. The number of halogens is 2. The minimum Gasteiger partial charge on any atom is -0.388 e. The number of aliphatic hydroxyl groups is 1. The van der Waals surface area contributed by atoms with E-state index in [2.05, 4.69) is 15.4 Å². The first-order valence-electron chi connectivity index (χ1n) is 10.9. The molecule has 0 bridgehead atoms.